The first-order chi connectivity index (χ1) is 20.8. The molecule has 0 aromatic carbocycles. The minimum atomic E-state index is -4.37. The molecule has 0 aromatic heterocycles. The fourth-order valence-electron chi connectivity index (χ4n) is 4.17. The van der Waals surface area contributed by atoms with E-state index in [1.54, 1.807) is 0 Å². The van der Waals surface area contributed by atoms with Gasteiger partial charge in [-0.2, -0.15) is 0 Å². The van der Waals surface area contributed by atoms with Crippen LogP contribution in [-0.4, -0.2) is 54.3 Å². The van der Waals surface area contributed by atoms with Crippen molar-refractivity contribution in [2.24, 2.45) is 0 Å². The van der Waals surface area contributed by atoms with Gasteiger partial charge >= 0.3 is 13.8 Å². The summed E-state index contributed by atoms with van der Waals surface area (Å²) in [5.74, 6) is -0.702. The second kappa shape index (κ2) is 30.3. The second-order valence-corrected chi connectivity index (χ2v) is 12.3. The molecule has 0 saturated heterocycles. The summed E-state index contributed by atoms with van der Waals surface area (Å²) in [5, 5.41) is 12.2. The van der Waals surface area contributed by atoms with Crippen LogP contribution in [0.3, 0.4) is 0 Å². The molecule has 2 atom stereocenters. The molecule has 0 rings (SSSR count). The van der Waals surface area contributed by atoms with Crippen molar-refractivity contribution in [3.05, 3.63) is 36.5 Å². The molecular weight excluding hydrogens is 569 g/mol. The van der Waals surface area contributed by atoms with E-state index in [4.69, 9.17) is 4.52 Å². The Morgan fingerprint density at radius 3 is 1.81 bits per heavy atom. The van der Waals surface area contributed by atoms with Crippen LogP contribution in [0.2, 0.25) is 0 Å². The Balaban J connectivity index is 3.47. The Hall–Kier alpha value is -1.77. The van der Waals surface area contributed by atoms with Crippen molar-refractivity contribution in [1.82, 2.24) is 5.32 Å². The highest BCUT2D eigenvalue weighted by molar-refractivity contribution is 7.47. The second-order valence-electron chi connectivity index (χ2n) is 10.9. The zero-order valence-corrected chi connectivity index (χ0v) is 27.8. The zero-order chi connectivity index (χ0) is 31.9. The number of ether oxygens (including phenoxy) is 1. The lowest BCUT2D eigenvalue weighted by Crippen LogP contribution is -2.27. The summed E-state index contributed by atoms with van der Waals surface area (Å²) >= 11 is 0. The number of aliphatic hydroxyl groups is 1. The molecule has 0 radical (unpaired) electrons. The number of esters is 1. The van der Waals surface area contributed by atoms with E-state index in [2.05, 4.69) is 58.0 Å². The molecule has 3 N–H and O–H groups in total. The van der Waals surface area contributed by atoms with Crippen LogP contribution in [0.25, 0.3) is 0 Å². The summed E-state index contributed by atoms with van der Waals surface area (Å²) in [6, 6.07) is 0. The normalized spacial score (nSPS) is 14.0. The van der Waals surface area contributed by atoms with Crippen LogP contribution >= 0.6 is 7.82 Å². The first-order valence-corrected chi connectivity index (χ1v) is 17.9. The Morgan fingerprint density at radius 2 is 1.26 bits per heavy atom. The molecule has 0 aliphatic carbocycles. The van der Waals surface area contributed by atoms with Crippen molar-refractivity contribution in [3.8, 4) is 0 Å². The smallest absolute Gasteiger partial charge is 0.463 e. The van der Waals surface area contributed by atoms with Crippen LogP contribution < -0.4 is 5.32 Å². The fraction of sp³-hybridized carbons (Fsp3) is 0.758. The average molecular weight is 630 g/mol. The van der Waals surface area contributed by atoms with Crippen LogP contribution in [0.5, 0.6) is 0 Å². The third-order valence-corrected chi connectivity index (χ3v) is 7.62. The Kier molecular flexibility index (Phi) is 29.0. The molecule has 0 saturated carbocycles. The highest BCUT2D eigenvalue weighted by Gasteiger charge is 2.23. The van der Waals surface area contributed by atoms with E-state index < -0.39 is 26.5 Å². The lowest BCUT2D eigenvalue weighted by molar-refractivity contribution is -0.144. The maximum Gasteiger partial charge on any atom is 0.472 e. The maximum absolute atomic E-state index is 11.9. The van der Waals surface area contributed by atoms with E-state index in [0.29, 0.717) is 6.42 Å². The van der Waals surface area contributed by atoms with Crippen LogP contribution in [0.15, 0.2) is 36.5 Å². The Labute approximate surface area is 261 Å². The number of phosphoric ester groups is 1. The number of carbonyl (C=O) groups excluding carboxylic acids is 2. The molecule has 0 fully saturated rings. The molecule has 0 spiro atoms. The molecule has 0 aliphatic heterocycles. The van der Waals surface area contributed by atoms with Crippen molar-refractivity contribution >= 4 is 19.7 Å². The predicted octanol–water partition coefficient (Wildman–Crippen LogP) is 7.87. The Bertz CT molecular complexity index is 815. The highest BCUT2D eigenvalue weighted by atomic mass is 31.2. The van der Waals surface area contributed by atoms with Crippen LogP contribution in [0.4, 0.5) is 0 Å². The number of allylic oxidation sites excluding steroid dienone is 6. The van der Waals surface area contributed by atoms with E-state index in [9.17, 15) is 24.2 Å². The highest BCUT2D eigenvalue weighted by Crippen LogP contribution is 2.42. The van der Waals surface area contributed by atoms with Gasteiger partial charge in [0, 0.05) is 19.9 Å². The van der Waals surface area contributed by atoms with Gasteiger partial charge in [0.2, 0.25) is 5.91 Å². The van der Waals surface area contributed by atoms with Crippen molar-refractivity contribution in [2.75, 3.05) is 26.4 Å². The van der Waals surface area contributed by atoms with Crippen molar-refractivity contribution in [3.63, 3.8) is 0 Å². The SMILES string of the molecule is CCCCC/C=C\C/C=C\C/C=C\CCCCCCCCCCCCC(=O)NCCOP(=O)(O)OCC(O)COC(C)=O. The van der Waals surface area contributed by atoms with Crippen LogP contribution in [0, 0.1) is 0 Å². The zero-order valence-electron chi connectivity index (χ0n) is 26.9. The van der Waals surface area contributed by atoms with Crippen LogP contribution in [-0.2, 0) is 27.9 Å². The van der Waals surface area contributed by atoms with Gasteiger partial charge in [0.25, 0.3) is 0 Å². The monoisotopic (exact) mass is 629 g/mol. The number of amides is 1. The van der Waals surface area contributed by atoms with Gasteiger partial charge < -0.3 is 20.1 Å². The van der Waals surface area contributed by atoms with Gasteiger partial charge in [-0.25, -0.2) is 4.57 Å². The summed E-state index contributed by atoms with van der Waals surface area (Å²) in [4.78, 5) is 32.2. The third kappa shape index (κ3) is 33.0. The minimum absolute atomic E-state index is 0.0771. The van der Waals surface area contributed by atoms with Gasteiger partial charge in [-0.3, -0.25) is 18.6 Å². The average Bonchev–Trinajstić information content (AvgIpc) is 2.97. The fourth-order valence-corrected chi connectivity index (χ4v) is 4.93. The number of unbranched alkanes of at least 4 members (excludes halogenated alkanes) is 13. The number of hydrogen-bond acceptors (Lipinski definition) is 7. The Morgan fingerprint density at radius 1 is 0.744 bits per heavy atom. The summed E-state index contributed by atoms with van der Waals surface area (Å²) in [5.41, 5.74) is 0. The van der Waals surface area contributed by atoms with Crippen LogP contribution in [0.1, 0.15) is 129 Å². The number of hydrogen-bond donors (Lipinski definition) is 3. The molecule has 9 nitrogen and oxygen atoms in total. The molecule has 250 valence electrons. The number of carbonyl (C=O) groups is 2. The standard InChI is InChI=1S/C33H60NO8P/c1-3-4-5-6-7-8-9-10-11-12-13-14-15-16-17-18-19-20-21-22-23-24-25-26-33(37)34-27-28-41-43(38,39)42-30-32(36)29-40-31(2)35/h7-8,10-11,13-14,32,36H,3-6,9,12,15-30H2,1-2H3,(H,34,37)(H,38,39)/b8-7-,11-10-,14-13-. The topological polar surface area (TPSA) is 131 Å². The molecule has 0 aliphatic rings. The van der Waals surface area contributed by atoms with E-state index in [-0.39, 0.29) is 25.7 Å². The van der Waals surface area contributed by atoms with Gasteiger partial charge in [0.15, 0.2) is 0 Å². The van der Waals surface area contributed by atoms with Gasteiger partial charge in [0.05, 0.1) is 13.2 Å². The molecule has 0 aromatic rings. The minimum Gasteiger partial charge on any atom is -0.463 e. The summed E-state index contributed by atoms with van der Waals surface area (Å²) in [6.45, 7) is 2.42. The quantitative estimate of drug-likeness (QED) is 0.0317. The third-order valence-electron chi connectivity index (χ3n) is 6.63. The molecule has 2 unspecified atom stereocenters. The molecule has 10 heteroatoms. The van der Waals surface area contributed by atoms with E-state index >= 15 is 0 Å². The summed E-state index contributed by atoms with van der Waals surface area (Å²) < 4.78 is 25.7. The molecule has 1 amide bonds. The molecule has 43 heavy (non-hydrogen) atoms. The van der Waals surface area contributed by atoms with E-state index in [0.717, 1.165) is 32.1 Å². The number of aliphatic hydroxyl groups excluding tert-OH is 1. The molecular formula is C33H60NO8P. The summed E-state index contributed by atoms with van der Waals surface area (Å²) in [7, 11) is -4.37. The summed E-state index contributed by atoms with van der Waals surface area (Å²) in [6.07, 6.45) is 33.1. The largest absolute Gasteiger partial charge is 0.472 e. The van der Waals surface area contributed by atoms with E-state index in [1.165, 1.54) is 84.0 Å². The number of phosphoric acid groups is 1. The lowest BCUT2D eigenvalue weighted by Gasteiger charge is -2.15. The lowest BCUT2D eigenvalue weighted by atomic mass is 10.0. The molecule has 0 heterocycles. The van der Waals surface area contributed by atoms with Gasteiger partial charge in [-0.05, 0) is 44.9 Å². The molecule has 0 bridgehead atoms. The van der Waals surface area contributed by atoms with Gasteiger partial charge in [0.1, 0.15) is 12.7 Å². The predicted molar refractivity (Wildman–Crippen MR) is 174 cm³/mol. The number of nitrogens with one attached hydrogen (secondary N) is 1. The maximum atomic E-state index is 11.9. The van der Waals surface area contributed by atoms with Crippen molar-refractivity contribution in [2.45, 2.75) is 136 Å². The first-order valence-electron chi connectivity index (χ1n) is 16.4. The van der Waals surface area contributed by atoms with Crippen molar-refractivity contribution < 1.29 is 37.9 Å². The van der Waals surface area contributed by atoms with Gasteiger partial charge in [-0.1, -0.05) is 108 Å². The van der Waals surface area contributed by atoms with Crippen molar-refractivity contribution in [1.29, 1.82) is 0 Å². The first kappa shape index (κ1) is 41.2. The number of rotatable bonds is 30. The van der Waals surface area contributed by atoms with Gasteiger partial charge in [-0.15, -0.1) is 0 Å². The van der Waals surface area contributed by atoms with E-state index in [1.807, 2.05) is 0 Å².